The van der Waals surface area contributed by atoms with Crippen LogP contribution in [0.3, 0.4) is 0 Å². The van der Waals surface area contributed by atoms with Gasteiger partial charge in [0.15, 0.2) is 5.16 Å². The fraction of sp³-hybridized carbons (Fsp3) is 0.333. The normalized spacial score (nSPS) is 12.6. The van der Waals surface area contributed by atoms with Crippen molar-refractivity contribution in [2.24, 2.45) is 12.8 Å². The van der Waals surface area contributed by atoms with E-state index in [2.05, 4.69) is 34.5 Å². The number of benzene rings is 1. The van der Waals surface area contributed by atoms with Crippen molar-refractivity contribution in [1.82, 2.24) is 14.8 Å². The van der Waals surface area contributed by atoms with Crippen LogP contribution < -0.4 is 5.73 Å². The van der Waals surface area contributed by atoms with Gasteiger partial charge in [0.05, 0.1) is 0 Å². The molecule has 0 fully saturated rings. The van der Waals surface area contributed by atoms with Crippen molar-refractivity contribution in [3.63, 3.8) is 0 Å². The van der Waals surface area contributed by atoms with Crippen LogP contribution in [-0.2, 0) is 13.5 Å². The SMILES string of the molecule is CC(N)Cc1ccc(Sc2nncn2C)cc1. The highest BCUT2D eigenvalue weighted by atomic mass is 32.2. The Morgan fingerprint density at radius 3 is 2.59 bits per heavy atom. The molecule has 4 nitrogen and oxygen atoms in total. The Kier molecular flexibility index (Phi) is 3.81. The average Bonchev–Trinajstić information content (AvgIpc) is 2.67. The van der Waals surface area contributed by atoms with E-state index in [0.717, 1.165) is 16.5 Å². The molecule has 17 heavy (non-hydrogen) atoms. The van der Waals surface area contributed by atoms with Gasteiger partial charge >= 0.3 is 0 Å². The van der Waals surface area contributed by atoms with Crippen LogP contribution in [0.15, 0.2) is 40.6 Å². The number of aromatic nitrogens is 3. The molecule has 90 valence electrons. The Morgan fingerprint density at radius 1 is 1.35 bits per heavy atom. The quantitative estimate of drug-likeness (QED) is 0.897. The molecule has 0 aliphatic heterocycles. The van der Waals surface area contributed by atoms with Gasteiger partial charge in [-0.1, -0.05) is 12.1 Å². The van der Waals surface area contributed by atoms with E-state index in [1.165, 1.54) is 5.56 Å². The van der Waals surface area contributed by atoms with Crippen molar-refractivity contribution in [3.8, 4) is 0 Å². The number of nitrogens with two attached hydrogens (primary N) is 1. The third-order valence-corrected chi connectivity index (χ3v) is 3.42. The summed E-state index contributed by atoms with van der Waals surface area (Å²) < 4.78 is 1.90. The molecule has 2 aromatic rings. The molecule has 0 aliphatic carbocycles. The first-order chi connectivity index (χ1) is 8.15. The molecule has 0 saturated carbocycles. The second-order valence-corrected chi connectivity index (χ2v) is 5.19. The lowest BCUT2D eigenvalue weighted by Crippen LogP contribution is -2.17. The minimum Gasteiger partial charge on any atom is -0.328 e. The van der Waals surface area contributed by atoms with Gasteiger partial charge in [-0.05, 0) is 42.8 Å². The van der Waals surface area contributed by atoms with Gasteiger partial charge in [0.1, 0.15) is 6.33 Å². The third-order valence-electron chi connectivity index (χ3n) is 2.36. The summed E-state index contributed by atoms with van der Waals surface area (Å²) in [5.41, 5.74) is 7.03. The second kappa shape index (κ2) is 5.33. The lowest BCUT2D eigenvalue weighted by molar-refractivity contribution is 0.737. The first-order valence-electron chi connectivity index (χ1n) is 5.51. The average molecular weight is 248 g/mol. The first kappa shape index (κ1) is 12.1. The van der Waals surface area contributed by atoms with Crippen molar-refractivity contribution in [3.05, 3.63) is 36.2 Å². The predicted octanol–water partition coefficient (Wildman–Crippen LogP) is 1.86. The summed E-state index contributed by atoms with van der Waals surface area (Å²) in [5.74, 6) is 0. The summed E-state index contributed by atoms with van der Waals surface area (Å²) in [5, 5.41) is 8.78. The Balaban J connectivity index is 2.06. The Morgan fingerprint density at radius 2 is 2.06 bits per heavy atom. The zero-order valence-electron chi connectivity index (χ0n) is 10.00. The maximum Gasteiger partial charge on any atom is 0.195 e. The molecule has 0 radical (unpaired) electrons. The minimum absolute atomic E-state index is 0.201. The zero-order chi connectivity index (χ0) is 12.3. The minimum atomic E-state index is 0.201. The summed E-state index contributed by atoms with van der Waals surface area (Å²) in [6.07, 6.45) is 2.61. The van der Waals surface area contributed by atoms with Gasteiger partial charge in [-0.15, -0.1) is 10.2 Å². The summed E-state index contributed by atoms with van der Waals surface area (Å²) in [6.45, 7) is 2.02. The van der Waals surface area contributed by atoms with Gasteiger partial charge in [0, 0.05) is 18.0 Å². The number of hydrogen-bond acceptors (Lipinski definition) is 4. The fourth-order valence-electron chi connectivity index (χ4n) is 1.54. The summed E-state index contributed by atoms with van der Waals surface area (Å²) >= 11 is 1.61. The van der Waals surface area contributed by atoms with Crippen LogP contribution in [0.2, 0.25) is 0 Å². The van der Waals surface area contributed by atoms with Crippen LogP contribution in [0.25, 0.3) is 0 Å². The second-order valence-electron chi connectivity index (χ2n) is 4.15. The maximum absolute atomic E-state index is 5.77. The van der Waals surface area contributed by atoms with E-state index in [1.54, 1.807) is 18.1 Å². The molecule has 0 amide bonds. The van der Waals surface area contributed by atoms with Gasteiger partial charge in [0.25, 0.3) is 0 Å². The van der Waals surface area contributed by atoms with Crippen molar-refractivity contribution in [2.45, 2.75) is 29.4 Å². The summed E-state index contributed by atoms with van der Waals surface area (Å²) in [4.78, 5) is 1.16. The summed E-state index contributed by atoms with van der Waals surface area (Å²) in [7, 11) is 1.94. The standard InChI is InChI=1S/C12H16N4S/c1-9(13)7-10-3-5-11(6-4-10)17-12-15-14-8-16(12)2/h3-6,8-9H,7,13H2,1-2H3. The molecular formula is C12H16N4S. The number of hydrogen-bond donors (Lipinski definition) is 1. The molecule has 0 saturated heterocycles. The number of aryl methyl sites for hydroxylation is 1. The van der Waals surface area contributed by atoms with Gasteiger partial charge in [-0.2, -0.15) is 0 Å². The third kappa shape index (κ3) is 3.31. The van der Waals surface area contributed by atoms with E-state index < -0.39 is 0 Å². The van der Waals surface area contributed by atoms with Crippen LogP contribution in [0.5, 0.6) is 0 Å². The Labute approximate surface area is 105 Å². The number of rotatable bonds is 4. The Bertz CT molecular complexity index is 476. The molecule has 1 heterocycles. The molecule has 0 bridgehead atoms. The molecule has 0 aliphatic rings. The van der Waals surface area contributed by atoms with Crippen molar-refractivity contribution in [1.29, 1.82) is 0 Å². The van der Waals surface area contributed by atoms with Crippen LogP contribution in [-0.4, -0.2) is 20.8 Å². The largest absolute Gasteiger partial charge is 0.328 e. The molecule has 2 rings (SSSR count). The molecule has 2 N–H and O–H groups in total. The molecule has 1 unspecified atom stereocenters. The molecule has 1 aromatic heterocycles. The van der Waals surface area contributed by atoms with Crippen molar-refractivity contribution >= 4 is 11.8 Å². The molecule has 1 aromatic carbocycles. The molecular weight excluding hydrogens is 232 g/mol. The molecule has 1 atom stereocenters. The van der Waals surface area contributed by atoms with Crippen LogP contribution in [0.4, 0.5) is 0 Å². The van der Waals surface area contributed by atoms with E-state index >= 15 is 0 Å². The smallest absolute Gasteiger partial charge is 0.195 e. The monoisotopic (exact) mass is 248 g/mol. The Hall–Kier alpha value is -1.33. The van der Waals surface area contributed by atoms with E-state index in [0.29, 0.717) is 0 Å². The van der Waals surface area contributed by atoms with E-state index in [4.69, 9.17) is 5.73 Å². The highest BCUT2D eigenvalue weighted by molar-refractivity contribution is 7.99. The van der Waals surface area contributed by atoms with Crippen molar-refractivity contribution in [2.75, 3.05) is 0 Å². The number of nitrogens with zero attached hydrogens (tertiary/aromatic N) is 3. The van der Waals surface area contributed by atoms with Gasteiger partial charge < -0.3 is 10.3 Å². The summed E-state index contributed by atoms with van der Waals surface area (Å²) in [6, 6.07) is 8.62. The van der Waals surface area contributed by atoms with Gasteiger partial charge in [-0.25, -0.2) is 0 Å². The fourth-order valence-corrected chi connectivity index (χ4v) is 2.30. The van der Waals surface area contributed by atoms with Gasteiger partial charge in [-0.3, -0.25) is 0 Å². The van der Waals surface area contributed by atoms with Crippen molar-refractivity contribution < 1.29 is 0 Å². The van der Waals surface area contributed by atoms with Crippen LogP contribution >= 0.6 is 11.8 Å². The lowest BCUT2D eigenvalue weighted by Gasteiger charge is -2.06. The van der Waals surface area contributed by atoms with Gasteiger partial charge in [0.2, 0.25) is 0 Å². The van der Waals surface area contributed by atoms with E-state index in [-0.39, 0.29) is 6.04 Å². The topological polar surface area (TPSA) is 56.7 Å². The molecule has 0 spiro atoms. The molecule has 5 heteroatoms. The highest BCUT2D eigenvalue weighted by Crippen LogP contribution is 2.25. The van der Waals surface area contributed by atoms with E-state index in [1.807, 2.05) is 18.5 Å². The lowest BCUT2D eigenvalue weighted by atomic mass is 10.1. The maximum atomic E-state index is 5.77. The zero-order valence-corrected chi connectivity index (χ0v) is 10.8. The predicted molar refractivity (Wildman–Crippen MR) is 68.9 cm³/mol. The highest BCUT2D eigenvalue weighted by Gasteiger charge is 2.04. The first-order valence-corrected chi connectivity index (χ1v) is 6.33. The van der Waals surface area contributed by atoms with Crippen LogP contribution in [0, 0.1) is 0 Å². The van der Waals surface area contributed by atoms with Crippen LogP contribution in [0.1, 0.15) is 12.5 Å². The van der Waals surface area contributed by atoms with E-state index in [9.17, 15) is 0 Å².